The fraction of sp³-hybridized carbons (Fsp3) is 0.154. The molecule has 0 bridgehead atoms. The number of amides is 1. The van der Waals surface area contributed by atoms with E-state index in [1.165, 1.54) is 18.4 Å². The highest BCUT2D eigenvalue weighted by Gasteiger charge is 2.14. The highest BCUT2D eigenvalue weighted by atomic mass is 19.1. The number of benzene rings is 1. The zero-order valence-electron chi connectivity index (χ0n) is 10.1. The van der Waals surface area contributed by atoms with Gasteiger partial charge in [0.1, 0.15) is 17.8 Å². The van der Waals surface area contributed by atoms with Crippen LogP contribution in [0.15, 0.2) is 28.9 Å². The van der Waals surface area contributed by atoms with E-state index >= 15 is 0 Å². The minimum atomic E-state index is -0.518. The number of halogens is 1. The summed E-state index contributed by atoms with van der Waals surface area (Å²) < 4.78 is 18.6. The minimum Gasteiger partial charge on any atom is -0.469 e. The Morgan fingerprint density at radius 3 is 2.72 bits per heavy atom. The first-order valence-corrected chi connectivity index (χ1v) is 5.40. The largest absolute Gasteiger partial charge is 0.469 e. The van der Waals surface area contributed by atoms with E-state index in [0.717, 1.165) is 0 Å². The molecule has 0 spiro atoms. The van der Waals surface area contributed by atoms with Gasteiger partial charge in [-0.1, -0.05) is 0 Å². The van der Waals surface area contributed by atoms with Gasteiger partial charge in [-0.25, -0.2) is 4.39 Å². The average molecular weight is 248 g/mol. The van der Waals surface area contributed by atoms with E-state index in [4.69, 9.17) is 10.2 Å². The Morgan fingerprint density at radius 1 is 1.39 bits per heavy atom. The number of hydrogen-bond donors (Lipinski definition) is 2. The van der Waals surface area contributed by atoms with E-state index in [-0.39, 0.29) is 5.69 Å². The van der Waals surface area contributed by atoms with Crippen molar-refractivity contribution in [1.82, 2.24) is 0 Å². The van der Waals surface area contributed by atoms with E-state index in [2.05, 4.69) is 5.32 Å². The standard InChI is InChI=1S/C13H13FN2O2/c1-7-5-9(6-18-7)13(17)16-12-8(2)11(15)4-3-10(12)14/h3-6H,15H2,1-2H3,(H,16,17). The molecule has 2 aromatic rings. The third-order valence-electron chi connectivity index (χ3n) is 2.69. The van der Waals surface area contributed by atoms with Crippen LogP contribution in [0.5, 0.6) is 0 Å². The molecule has 0 saturated carbocycles. The molecular formula is C13H13FN2O2. The predicted molar refractivity (Wildman–Crippen MR) is 66.9 cm³/mol. The Bertz CT molecular complexity index is 605. The number of nitrogens with one attached hydrogen (secondary N) is 1. The lowest BCUT2D eigenvalue weighted by Gasteiger charge is -2.10. The summed E-state index contributed by atoms with van der Waals surface area (Å²) in [6.45, 7) is 3.37. The molecular weight excluding hydrogens is 235 g/mol. The fourth-order valence-electron chi connectivity index (χ4n) is 1.60. The van der Waals surface area contributed by atoms with Crippen LogP contribution in [-0.2, 0) is 0 Å². The van der Waals surface area contributed by atoms with E-state index in [9.17, 15) is 9.18 Å². The van der Waals surface area contributed by atoms with Crippen molar-refractivity contribution < 1.29 is 13.6 Å². The van der Waals surface area contributed by atoms with Crippen LogP contribution < -0.4 is 11.1 Å². The summed E-state index contributed by atoms with van der Waals surface area (Å²) in [5.74, 6) is -0.334. The Labute approximate surface area is 104 Å². The summed E-state index contributed by atoms with van der Waals surface area (Å²) in [6, 6.07) is 4.26. The van der Waals surface area contributed by atoms with Gasteiger partial charge in [-0.3, -0.25) is 4.79 Å². The number of hydrogen-bond acceptors (Lipinski definition) is 3. The number of carbonyl (C=O) groups excluding carboxylic acids is 1. The summed E-state index contributed by atoms with van der Waals surface area (Å²) >= 11 is 0. The molecule has 0 radical (unpaired) electrons. The minimum absolute atomic E-state index is 0.0962. The van der Waals surface area contributed by atoms with Gasteiger partial charge in [-0.15, -0.1) is 0 Å². The third kappa shape index (κ3) is 2.20. The molecule has 1 aromatic heterocycles. The molecule has 0 unspecified atom stereocenters. The van der Waals surface area contributed by atoms with Crippen molar-refractivity contribution in [3.05, 3.63) is 47.2 Å². The molecule has 3 N–H and O–H groups in total. The molecule has 94 valence electrons. The maximum atomic E-state index is 13.6. The van der Waals surface area contributed by atoms with Gasteiger partial charge in [0.25, 0.3) is 5.91 Å². The molecule has 1 aromatic carbocycles. The van der Waals surface area contributed by atoms with E-state index in [0.29, 0.717) is 22.6 Å². The number of furan rings is 1. The second-order valence-electron chi connectivity index (χ2n) is 4.04. The first-order chi connectivity index (χ1) is 8.49. The quantitative estimate of drug-likeness (QED) is 0.803. The molecule has 2 rings (SSSR count). The topological polar surface area (TPSA) is 68.3 Å². The van der Waals surface area contributed by atoms with Crippen molar-refractivity contribution in [1.29, 1.82) is 0 Å². The maximum absolute atomic E-state index is 13.6. The first-order valence-electron chi connectivity index (χ1n) is 5.40. The normalized spacial score (nSPS) is 10.4. The molecule has 18 heavy (non-hydrogen) atoms. The van der Waals surface area contributed by atoms with Crippen LogP contribution >= 0.6 is 0 Å². The highest BCUT2D eigenvalue weighted by Crippen LogP contribution is 2.25. The van der Waals surface area contributed by atoms with Crippen LogP contribution in [0.1, 0.15) is 21.7 Å². The van der Waals surface area contributed by atoms with Gasteiger partial charge in [0.15, 0.2) is 0 Å². The molecule has 4 nitrogen and oxygen atoms in total. The summed E-state index contributed by atoms with van der Waals surface area (Å²) in [4.78, 5) is 11.9. The molecule has 1 heterocycles. The number of carbonyl (C=O) groups is 1. The molecule has 0 aliphatic rings. The number of aryl methyl sites for hydroxylation is 1. The molecule has 5 heteroatoms. The van der Waals surface area contributed by atoms with Gasteiger partial charge in [0.05, 0.1) is 11.3 Å². The second-order valence-corrected chi connectivity index (χ2v) is 4.04. The lowest BCUT2D eigenvalue weighted by Crippen LogP contribution is -2.14. The van der Waals surface area contributed by atoms with Crippen molar-refractivity contribution in [2.24, 2.45) is 0 Å². The second kappa shape index (κ2) is 4.52. The maximum Gasteiger partial charge on any atom is 0.259 e. The Balaban J connectivity index is 2.30. The van der Waals surface area contributed by atoms with Crippen LogP contribution in [0.25, 0.3) is 0 Å². The summed E-state index contributed by atoms with van der Waals surface area (Å²) in [6.07, 6.45) is 1.32. The van der Waals surface area contributed by atoms with E-state index < -0.39 is 11.7 Å². The molecule has 0 fully saturated rings. The summed E-state index contributed by atoms with van der Waals surface area (Å²) in [5.41, 5.74) is 7.04. The monoisotopic (exact) mass is 248 g/mol. The van der Waals surface area contributed by atoms with Crippen molar-refractivity contribution in [2.75, 3.05) is 11.1 Å². The molecule has 0 aliphatic heterocycles. The lowest BCUT2D eigenvalue weighted by atomic mass is 10.1. The van der Waals surface area contributed by atoms with Gasteiger partial charge in [0, 0.05) is 5.69 Å². The average Bonchev–Trinajstić information content (AvgIpc) is 2.76. The van der Waals surface area contributed by atoms with Gasteiger partial charge in [-0.05, 0) is 37.6 Å². The van der Waals surface area contributed by atoms with Gasteiger partial charge < -0.3 is 15.5 Å². The number of nitrogen functional groups attached to an aromatic ring is 1. The molecule has 1 amide bonds. The zero-order chi connectivity index (χ0) is 13.3. The van der Waals surface area contributed by atoms with Crippen LogP contribution in [0.3, 0.4) is 0 Å². The van der Waals surface area contributed by atoms with Crippen LogP contribution in [0.4, 0.5) is 15.8 Å². The van der Waals surface area contributed by atoms with Crippen molar-refractivity contribution in [3.63, 3.8) is 0 Å². The van der Waals surface area contributed by atoms with E-state index in [1.807, 2.05) is 0 Å². The number of anilines is 2. The molecule has 0 aliphatic carbocycles. The van der Waals surface area contributed by atoms with E-state index in [1.54, 1.807) is 19.9 Å². The van der Waals surface area contributed by atoms with Crippen molar-refractivity contribution in [3.8, 4) is 0 Å². The lowest BCUT2D eigenvalue weighted by molar-refractivity contribution is 0.102. The Kier molecular flexibility index (Phi) is 3.06. The van der Waals surface area contributed by atoms with Crippen molar-refractivity contribution >= 4 is 17.3 Å². The predicted octanol–water partition coefficient (Wildman–Crippen LogP) is 2.87. The highest BCUT2D eigenvalue weighted by molar-refractivity contribution is 6.04. The SMILES string of the molecule is Cc1cc(C(=O)Nc2c(F)ccc(N)c2C)co1. The number of rotatable bonds is 2. The van der Waals surface area contributed by atoms with Gasteiger partial charge in [0.2, 0.25) is 0 Å². The summed E-state index contributed by atoms with van der Waals surface area (Å²) in [5, 5.41) is 2.50. The molecule has 0 atom stereocenters. The van der Waals surface area contributed by atoms with Gasteiger partial charge >= 0.3 is 0 Å². The van der Waals surface area contributed by atoms with Crippen LogP contribution in [0.2, 0.25) is 0 Å². The Hall–Kier alpha value is -2.30. The summed E-state index contributed by atoms with van der Waals surface area (Å²) in [7, 11) is 0. The number of nitrogens with two attached hydrogens (primary N) is 1. The Morgan fingerprint density at radius 2 is 2.11 bits per heavy atom. The van der Waals surface area contributed by atoms with Gasteiger partial charge in [-0.2, -0.15) is 0 Å². The van der Waals surface area contributed by atoms with Crippen LogP contribution in [-0.4, -0.2) is 5.91 Å². The zero-order valence-corrected chi connectivity index (χ0v) is 10.1. The first kappa shape index (κ1) is 12.2. The fourth-order valence-corrected chi connectivity index (χ4v) is 1.60. The van der Waals surface area contributed by atoms with Crippen LogP contribution in [0, 0.1) is 19.7 Å². The van der Waals surface area contributed by atoms with Crippen molar-refractivity contribution in [2.45, 2.75) is 13.8 Å². The third-order valence-corrected chi connectivity index (χ3v) is 2.69. The molecule has 0 saturated heterocycles. The smallest absolute Gasteiger partial charge is 0.259 e.